The number of halogens is 1. The second-order valence-electron chi connectivity index (χ2n) is 11.3. The lowest BCUT2D eigenvalue weighted by atomic mass is 9.70. The van der Waals surface area contributed by atoms with Crippen LogP contribution in [0.15, 0.2) is 86.0 Å². The van der Waals surface area contributed by atoms with Crippen LogP contribution in [-0.2, 0) is 32.2 Å². The number of benzene rings is 2. The zero-order valence-electron chi connectivity index (χ0n) is 23.7. The van der Waals surface area contributed by atoms with Crippen molar-refractivity contribution in [3.8, 4) is 0 Å². The van der Waals surface area contributed by atoms with Crippen LogP contribution >= 0.6 is 15.9 Å². The fraction of sp³-hybridized carbons (Fsp3) is 0.424. The first kappa shape index (κ1) is 30.2. The second-order valence-corrected chi connectivity index (χ2v) is 12.4. The van der Waals surface area contributed by atoms with E-state index in [2.05, 4.69) is 29.1 Å². The van der Waals surface area contributed by atoms with Gasteiger partial charge in [-0.05, 0) is 24.0 Å². The van der Waals surface area contributed by atoms with Gasteiger partial charge in [0.25, 0.3) is 0 Å². The Kier molecular flexibility index (Phi) is 9.30. The van der Waals surface area contributed by atoms with Crippen molar-refractivity contribution < 1.29 is 24.2 Å². The summed E-state index contributed by atoms with van der Waals surface area (Å²) < 4.78 is 6.68. The van der Waals surface area contributed by atoms with Gasteiger partial charge >= 0.3 is 0 Å². The number of alkyl halides is 1. The van der Waals surface area contributed by atoms with Crippen LogP contribution in [0.4, 0.5) is 0 Å². The maximum atomic E-state index is 14.5. The Morgan fingerprint density at radius 1 is 0.976 bits per heavy atom. The Morgan fingerprint density at radius 3 is 2.05 bits per heavy atom. The maximum Gasteiger partial charge on any atom is 0.248 e. The van der Waals surface area contributed by atoms with E-state index in [0.717, 1.165) is 11.1 Å². The molecule has 0 aliphatic carbocycles. The van der Waals surface area contributed by atoms with E-state index in [-0.39, 0.29) is 35.7 Å². The number of nitrogens with zero attached hydrogens (tertiary/aromatic N) is 3. The molecule has 0 saturated carbocycles. The number of likely N-dealkylation sites (tertiary alicyclic amines) is 1. The van der Waals surface area contributed by atoms with Gasteiger partial charge in [0.2, 0.25) is 17.7 Å². The molecule has 2 aromatic carbocycles. The largest absolute Gasteiger partial charge is 0.396 e. The zero-order chi connectivity index (χ0) is 29.9. The quantitative estimate of drug-likeness (QED) is 0.269. The SMILES string of the molecule is C=CCN(Cc1ccccc1)C(=O)C1N(CCCO)C(=O)[C@@H]2[C@H](C(=O)N(CC=C)Cc3ccccc3)[C@H]3OC12CC3Br. The average molecular weight is 637 g/mol. The van der Waals surface area contributed by atoms with Gasteiger partial charge in [0.05, 0.1) is 17.9 Å². The van der Waals surface area contributed by atoms with Crippen LogP contribution in [0.5, 0.6) is 0 Å². The maximum absolute atomic E-state index is 14.5. The third kappa shape index (κ3) is 5.45. The molecule has 2 aromatic rings. The zero-order valence-corrected chi connectivity index (χ0v) is 25.3. The molecule has 3 aliphatic heterocycles. The highest BCUT2D eigenvalue weighted by Gasteiger charge is 2.76. The lowest BCUT2D eigenvalue weighted by molar-refractivity contribution is -0.149. The van der Waals surface area contributed by atoms with Gasteiger partial charge < -0.3 is 24.5 Å². The van der Waals surface area contributed by atoms with Crippen LogP contribution < -0.4 is 0 Å². The Hall–Kier alpha value is -3.27. The molecule has 2 bridgehead atoms. The van der Waals surface area contributed by atoms with Crippen molar-refractivity contribution in [2.45, 2.75) is 48.5 Å². The van der Waals surface area contributed by atoms with E-state index in [1.165, 1.54) is 0 Å². The fourth-order valence-electron chi connectivity index (χ4n) is 6.94. The van der Waals surface area contributed by atoms with Crippen LogP contribution in [0.1, 0.15) is 24.0 Å². The first-order valence-corrected chi connectivity index (χ1v) is 15.4. The van der Waals surface area contributed by atoms with E-state index < -0.39 is 29.6 Å². The summed E-state index contributed by atoms with van der Waals surface area (Å²) in [4.78, 5) is 47.8. The van der Waals surface area contributed by atoms with Crippen LogP contribution in [0.3, 0.4) is 0 Å². The topological polar surface area (TPSA) is 90.4 Å². The molecule has 3 unspecified atom stereocenters. The fourth-order valence-corrected chi connectivity index (χ4v) is 7.88. The average Bonchev–Trinajstić information content (AvgIpc) is 3.59. The van der Waals surface area contributed by atoms with Gasteiger partial charge in [0, 0.05) is 44.2 Å². The highest BCUT2D eigenvalue weighted by atomic mass is 79.9. The number of carbonyl (C=O) groups excluding carboxylic acids is 3. The lowest BCUT2D eigenvalue weighted by Crippen LogP contribution is -2.57. The monoisotopic (exact) mass is 635 g/mol. The summed E-state index contributed by atoms with van der Waals surface area (Å²) in [5, 5.41) is 9.66. The first-order chi connectivity index (χ1) is 20.4. The highest BCUT2D eigenvalue weighted by molar-refractivity contribution is 9.09. The lowest BCUT2D eigenvalue weighted by Gasteiger charge is -2.37. The van der Waals surface area contributed by atoms with Crippen molar-refractivity contribution in [1.82, 2.24) is 14.7 Å². The molecule has 8 nitrogen and oxygen atoms in total. The molecule has 42 heavy (non-hydrogen) atoms. The van der Waals surface area contributed by atoms with Crippen molar-refractivity contribution in [3.63, 3.8) is 0 Å². The number of fused-ring (bicyclic) bond motifs is 1. The number of ether oxygens (including phenoxy) is 1. The normalized spacial score (nSPS) is 27.5. The summed E-state index contributed by atoms with van der Waals surface area (Å²) in [7, 11) is 0. The number of aliphatic hydroxyl groups is 1. The van der Waals surface area contributed by atoms with Crippen molar-refractivity contribution >= 4 is 33.7 Å². The number of amides is 3. The van der Waals surface area contributed by atoms with Crippen molar-refractivity contribution in [3.05, 3.63) is 97.1 Å². The molecule has 3 amide bonds. The molecule has 5 rings (SSSR count). The van der Waals surface area contributed by atoms with E-state index in [9.17, 15) is 19.5 Å². The predicted molar refractivity (Wildman–Crippen MR) is 163 cm³/mol. The molecule has 3 fully saturated rings. The van der Waals surface area contributed by atoms with Gasteiger partial charge in [-0.25, -0.2) is 0 Å². The number of rotatable bonds is 13. The van der Waals surface area contributed by atoms with Crippen molar-refractivity contribution in [2.75, 3.05) is 26.2 Å². The van der Waals surface area contributed by atoms with Gasteiger partial charge in [-0.15, -0.1) is 13.2 Å². The molecular weight excluding hydrogens is 598 g/mol. The Bertz CT molecular complexity index is 1310. The van der Waals surface area contributed by atoms with Crippen LogP contribution in [0.2, 0.25) is 0 Å². The summed E-state index contributed by atoms with van der Waals surface area (Å²) in [6, 6.07) is 18.5. The first-order valence-electron chi connectivity index (χ1n) is 14.5. The smallest absolute Gasteiger partial charge is 0.248 e. The third-order valence-corrected chi connectivity index (χ3v) is 9.46. The molecule has 3 aliphatic rings. The minimum Gasteiger partial charge on any atom is -0.396 e. The number of hydrogen-bond donors (Lipinski definition) is 1. The summed E-state index contributed by atoms with van der Waals surface area (Å²) in [6.45, 7) is 9.11. The van der Waals surface area contributed by atoms with Gasteiger partial charge in [-0.1, -0.05) is 88.7 Å². The molecular formula is C33H38BrN3O5. The van der Waals surface area contributed by atoms with E-state index >= 15 is 0 Å². The van der Waals surface area contributed by atoms with E-state index in [4.69, 9.17) is 4.74 Å². The number of aliphatic hydroxyl groups excluding tert-OH is 1. The number of hydrogen-bond acceptors (Lipinski definition) is 5. The van der Waals surface area contributed by atoms with Crippen molar-refractivity contribution in [1.29, 1.82) is 0 Å². The Labute approximate surface area is 255 Å². The summed E-state index contributed by atoms with van der Waals surface area (Å²) >= 11 is 3.75. The van der Waals surface area contributed by atoms with E-state index in [0.29, 0.717) is 39.0 Å². The van der Waals surface area contributed by atoms with Crippen LogP contribution in [0, 0.1) is 11.8 Å². The van der Waals surface area contributed by atoms with Gasteiger partial charge in [-0.3, -0.25) is 14.4 Å². The minimum absolute atomic E-state index is 0.125. The van der Waals surface area contributed by atoms with Crippen LogP contribution in [0.25, 0.3) is 0 Å². The third-order valence-electron chi connectivity index (χ3n) is 8.62. The molecule has 3 heterocycles. The van der Waals surface area contributed by atoms with E-state index in [1.807, 2.05) is 60.7 Å². The Morgan fingerprint density at radius 2 is 1.52 bits per heavy atom. The molecule has 222 valence electrons. The molecule has 3 saturated heterocycles. The molecule has 0 radical (unpaired) electrons. The predicted octanol–water partition coefficient (Wildman–Crippen LogP) is 3.55. The van der Waals surface area contributed by atoms with E-state index in [1.54, 1.807) is 26.9 Å². The number of carbonyl (C=O) groups is 3. The second kappa shape index (κ2) is 12.9. The molecule has 0 aromatic heterocycles. The highest BCUT2D eigenvalue weighted by Crippen LogP contribution is 2.60. The summed E-state index contributed by atoms with van der Waals surface area (Å²) in [6.07, 6.45) is 3.55. The van der Waals surface area contributed by atoms with Gasteiger partial charge in [0.1, 0.15) is 11.6 Å². The van der Waals surface area contributed by atoms with Gasteiger partial charge in [0.15, 0.2) is 0 Å². The molecule has 9 heteroatoms. The molecule has 1 N–H and O–H groups in total. The van der Waals surface area contributed by atoms with Crippen molar-refractivity contribution in [2.24, 2.45) is 11.8 Å². The molecule has 1 spiro atoms. The molecule has 6 atom stereocenters. The van der Waals surface area contributed by atoms with Gasteiger partial charge in [-0.2, -0.15) is 0 Å². The minimum atomic E-state index is -1.16. The van der Waals surface area contributed by atoms with Crippen LogP contribution in [-0.4, -0.2) is 86.3 Å². The summed E-state index contributed by atoms with van der Waals surface area (Å²) in [5.41, 5.74) is 0.765. The standard InChI is InChI=1S/C33H38BrN3O5/c1-3-16-35(21-23-12-7-5-8-13-23)30(39)26-27-31(40)37(18-11-19-38)29(33(27)20-25(34)28(26)42-33)32(41)36(17-4-2)22-24-14-9-6-10-15-24/h3-10,12-15,25-29,38H,1-2,11,16-22H2/t25?,26-,27-,28-,29?,33?/m0/s1. The Balaban J connectivity index is 1.51. The summed E-state index contributed by atoms with van der Waals surface area (Å²) in [5.74, 6) is -2.25.